The van der Waals surface area contributed by atoms with Gasteiger partial charge < -0.3 is 59.4 Å². The largest absolute Gasteiger partial charge is 0.508 e. The molecule has 7 N–H and O–H groups in total. The van der Waals surface area contributed by atoms with Crippen molar-refractivity contribution in [2.45, 2.75) is 67.5 Å². The zero-order valence-corrected chi connectivity index (χ0v) is 18.4. The van der Waals surface area contributed by atoms with Crippen molar-refractivity contribution in [2.75, 3.05) is 13.2 Å². The number of esters is 1. The fourth-order valence-electron chi connectivity index (χ4n) is 5.41. The molecule has 13 heteroatoms. The molecule has 4 bridgehead atoms. The van der Waals surface area contributed by atoms with Crippen molar-refractivity contribution >= 4 is 5.97 Å². The van der Waals surface area contributed by atoms with Crippen molar-refractivity contribution in [3.8, 4) is 5.75 Å². The number of hydrogen-bond donors (Lipinski definition) is 7. The Balaban J connectivity index is 1.38. The van der Waals surface area contributed by atoms with Gasteiger partial charge in [0.1, 0.15) is 48.0 Å². The number of aliphatic hydroxyl groups excluding tert-OH is 5. The van der Waals surface area contributed by atoms with Gasteiger partial charge >= 0.3 is 5.97 Å². The van der Waals surface area contributed by atoms with E-state index in [2.05, 4.69) is 0 Å². The molecule has 12 unspecified atom stereocenters. The molecule has 0 amide bonds. The minimum atomic E-state index is -1.95. The summed E-state index contributed by atoms with van der Waals surface area (Å²) in [6.07, 6.45) is -12.5. The highest BCUT2D eigenvalue weighted by atomic mass is 16.8. The Labute approximate surface area is 199 Å². The van der Waals surface area contributed by atoms with E-state index in [4.69, 9.17) is 23.7 Å². The van der Waals surface area contributed by atoms with Crippen LogP contribution in [-0.4, -0.2) is 116 Å². The third-order valence-corrected chi connectivity index (χ3v) is 7.29. The van der Waals surface area contributed by atoms with Gasteiger partial charge in [-0.05, 0) is 24.3 Å². The maximum atomic E-state index is 12.7. The number of benzene rings is 1. The molecule has 5 fully saturated rings. The van der Waals surface area contributed by atoms with Crippen molar-refractivity contribution in [3.63, 3.8) is 0 Å². The van der Waals surface area contributed by atoms with E-state index in [-0.39, 0.29) is 24.3 Å². The number of aromatic hydroxyl groups is 1. The Hall–Kier alpha value is -1.91. The second kappa shape index (κ2) is 9.19. The first-order valence-electron chi connectivity index (χ1n) is 11.3. The number of ether oxygens (including phenoxy) is 5. The Morgan fingerprint density at radius 1 is 1.03 bits per heavy atom. The molecule has 4 heterocycles. The molecular weight excluding hydrogens is 472 g/mol. The van der Waals surface area contributed by atoms with Gasteiger partial charge in [-0.15, -0.1) is 0 Å². The smallest absolute Gasteiger partial charge is 0.338 e. The third-order valence-electron chi connectivity index (χ3n) is 7.29. The van der Waals surface area contributed by atoms with E-state index in [0.29, 0.717) is 0 Å². The lowest BCUT2D eigenvalue weighted by molar-refractivity contribution is -0.370. The maximum absolute atomic E-state index is 12.7. The highest BCUT2D eigenvalue weighted by Gasteiger charge is 2.69. The van der Waals surface area contributed by atoms with E-state index in [1.807, 2.05) is 0 Å². The van der Waals surface area contributed by atoms with Crippen LogP contribution < -0.4 is 0 Å². The molecule has 1 saturated carbocycles. The van der Waals surface area contributed by atoms with Gasteiger partial charge in [-0.3, -0.25) is 0 Å². The summed E-state index contributed by atoms with van der Waals surface area (Å²) >= 11 is 0. The van der Waals surface area contributed by atoms with Crippen LogP contribution >= 0.6 is 0 Å². The first-order valence-corrected chi connectivity index (χ1v) is 11.3. The molecule has 6 rings (SSSR count). The number of carbonyl (C=O) groups excluding carboxylic acids is 1. The maximum Gasteiger partial charge on any atom is 0.338 e. The minimum Gasteiger partial charge on any atom is -0.508 e. The molecule has 4 aliphatic heterocycles. The zero-order valence-electron chi connectivity index (χ0n) is 18.4. The summed E-state index contributed by atoms with van der Waals surface area (Å²) in [5.74, 6) is -2.47. The van der Waals surface area contributed by atoms with E-state index in [1.54, 1.807) is 0 Å². The van der Waals surface area contributed by atoms with Gasteiger partial charge in [0.15, 0.2) is 18.9 Å². The predicted octanol–water partition coefficient (Wildman–Crippen LogP) is -2.83. The monoisotopic (exact) mass is 500 g/mol. The lowest BCUT2D eigenvalue weighted by atomic mass is 9.82. The standard InChI is InChI=1S/C22H28O13/c23-6-11-14(25)15(26)16(27)21(32-11)35-20-13-10-5-12(33-20)31-7-22(13,30)18(28)17(10)34-19(29)8-1-3-9(24)4-2-8/h1-4,10-18,20-21,23-28,30H,5-7H2. The molecular formula is C22H28O13. The summed E-state index contributed by atoms with van der Waals surface area (Å²) in [5.41, 5.74) is -1.82. The van der Waals surface area contributed by atoms with Crippen LogP contribution in [0, 0.1) is 11.8 Å². The van der Waals surface area contributed by atoms with Gasteiger partial charge in [-0.2, -0.15) is 0 Å². The van der Waals surface area contributed by atoms with E-state index < -0.39 is 85.5 Å². The number of fused-ring (bicyclic) bond motifs is 2. The van der Waals surface area contributed by atoms with Crippen molar-refractivity contribution in [2.24, 2.45) is 11.8 Å². The number of phenols is 1. The summed E-state index contributed by atoms with van der Waals surface area (Å²) in [7, 11) is 0. The Morgan fingerprint density at radius 2 is 1.74 bits per heavy atom. The number of phenolic OH excluding ortho intramolecular Hbond substituents is 1. The van der Waals surface area contributed by atoms with Crippen LogP contribution in [0.25, 0.3) is 0 Å². The normalized spacial score (nSPS) is 46.9. The van der Waals surface area contributed by atoms with Crippen LogP contribution in [-0.2, 0) is 23.7 Å². The van der Waals surface area contributed by atoms with Crippen LogP contribution in [0.5, 0.6) is 5.75 Å². The molecule has 194 valence electrons. The molecule has 13 nitrogen and oxygen atoms in total. The molecule has 0 radical (unpaired) electrons. The second-order valence-electron chi connectivity index (χ2n) is 9.36. The van der Waals surface area contributed by atoms with Crippen LogP contribution in [0.2, 0.25) is 0 Å². The molecule has 12 atom stereocenters. The average Bonchev–Trinajstić information content (AvgIpc) is 2.95. The van der Waals surface area contributed by atoms with Gasteiger partial charge in [-0.25, -0.2) is 4.79 Å². The summed E-state index contributed by atoms with van der Waals surface area (Å²) in [6, 6.07) is 5.34. The molecule has 1 aromatic rings. The van der Waals surface area contributed by atoms with Gasteiger partial charge in [0.2, 0.25) is 0 Å². The van der Waals surface area contributed by atoms with Gasteiger partial charge in [-0.1, -0.05) is 0 Å². The molecule has 1 aliphatic carbocycles. The van der Waals surface area contributed by atoms with Gasteiger partial charge in [0.25, 0.3) is 0 Å². The number of carbonyl (C=O) groups is 1. The Kier molecular flexibility index (Phi) is 6.51. The average molecular weight is 500 g/mol. The summed E-state index contributed by atoms with van der Waals surface area (Å²) < 4.78 is 28.0. The first kappa shape index (κ1) is 24.8. The number of hydrogen-bond acceptors (Lipinski definition) is 13. The lowest BCUT2D eigenvalue weighted by Crippen LogP contribution is -2.61. The van der Waals surface area contributed by atoms with E-state index in [1.165, 1.54) is 24.3 Å². The fourth-order valence-corrected chi connectivity index (χ4v) is 5.41. The molecule has 4 saturated heterocycles. The second-order valence-corrected chi connectivity index (χ2v) is 9.36. The molecule has 5 aliphatic rings. The fraction of sp³-hybridized carbons (Fsp3) is 0.682. The predicted molar refractivity (Wildman–Crippen MR) is 109 cm³/mol. The summed E-state index contributed by atoms with van der Waals surface area (Å²) in [6.45, 7) is -1.01. The lowest BCUT2D eigenvalue weighted by Gasteiger charge is -2.44. The third kappa shape index (κ3) is 4.11. The topological polar surface area (TPSA) is 205 Å². The molecule has 0 aromatic heterocycles. The van der Waals surface area contributed by atoms with E-state index in [9.17, 15) is 40.5 Å². The highest BCUT2D eigenvalue weighted by Crippen LogP contribution is 2.53. The molecule has 35 heavy (non-hydrogen) atoms. The van der Waals surface area contributed by atoms with E-state index >= 15 is 0 Å². The first-order chi connectivity index (χ1) is 16.6. The zero-order chi connectivity index (χ0) is 25.1. The highest BCUT2D eigenvalue weighted by molar-refractivity contribution is 5.89. The van der Waals surface area contributed by atoms with Crippen molar-refractivity contribution < 1.29 is 64.2 Å². The number of rotatable bonds is 5. The SMILES string of the molecule is O=C(OC1C2CC3OCC(O)(C1O)C2C(OC1OC(CO)C(O)C(O)C1O)O3)c1ccc(O)cc1. The quantitative estimate of drug-likeness (QED) is 0.204. The van der Waals surface area contributed by atoms with Crippen LogP contribution in [0.4, 0.5) is 0 Å². The van der Waals surface area contributed by atoms with Crippen molar-refractivity contribution in [1.29, 1.82) is 0 Å². The Morgan fingerprint density at radius 3 is 2.43 bits per heavy atom. The Bertz CT molecular complexity index is 924. The van der Waals surface area contributed by atoms with Crippen LogP contribution in [0.1, 0.15) is 16.8 Å². The molecule has 0 spiro atoms. The summed E-state index contributed by atoms with van der Waals surface area (Å²) in [5, 5.41) is 71.7. The van der Waals surface area contributed by atoms with Gasteiger partial charge in [0, 0.05) is 12.3 Å². The summed E-state index contributed by atoms with van der Waals surface area (Å²) in [4.78, 5) is 12.7. The van der Waals surface area contributed by atoms with E-state index in [0.717, 1.165) is 0 Å². The van der Waals surface area contributed by atoms with Crippen LogP contribution in [0.15, 0.2) is 24.3 Å². The molecule has 1 aromatic carbocycles. The van der Waals surface area contributed by atoms with Crippen LogP contribution in [0.3, 0.4) is 0 Å². The number of aliphatic hydroxyl groups is 6. The van der Waals surface area contributed by atoms with Gasteiger partial charge in [0.05, 0.1) is 24.7 Å². The minimum absolute atomic E-state index is 0.0381. The van der Waals surface area contributed by atoms with Crippen molar-refractivity contribution in [3.05, 3.63) is 29.8 Å². The van der Waals surface area contributed by atoms with Crippen molar-refractivity contribution in [1.82, 2.24) is 0 Å².